The van der Waals surface area contributed by atoms with Gasteiger partial charge in [-0.1, -0.05) is 23.7 Å². The molecule has 1 heterocycles. The Balaban J connectivity index is 1.78. The molecule has 0 radical (unpaired) electrons. The average Bonchev–Trinajstić information content (AvgIpc) is 2.63. The maximum atomic E-state index is 11.9. The molecule has 1 atom stereocenters. The first-order valence-electron chi connectivity index (χ1n) is 6.62. The molecule has 0 unspecified atom stereocenters. The molecule has 4 nitrogen and oxygen atoms in total. The van der Waals surface area contributed by atoms with Crippen LogP contribution in [0, 0.1) is 0 Å². The molecule has 116 valence electrons. The fourth-order valence-electron chi connectivity index (χ4n) is 2.37. The number of carbonyl (C=O) groups is 1. The van der Waals surface area contributed by atoms with Gasteiger partial charge in [0.25, 0.3) is 0 Å². The van der Waals surface area contributed by atoms with Crippen LogP contribution in [-0.4, -0.2) is 37.1 Å². The molecule has 1 fully saturated rings. The van der Waals surface area contributed by atoms with Gasteiger partial charge in [-0.05, 0) is 31.0 Å². The van der Waals surface area contributed by atoms with E-state index in [0.29, 0.717) is 22.9 Å². The van der Waals surface area contributed by atoms with E-state index in [0.717, 1.165) is 5.56 Å². The second-order valence-electron chi connectivity index (χ2n) is 5.57. The highest BCUT2D eigenvalue weighted by Crippen LogP contribution is 2.23. The lowest BCUT2D eigenvalue weighted by molar-refractivity contribution is -0.120. The van der Waals surface area contributed by atoms with Crippen molar-refractivity contribution in [3.63, 3.8) is 0 Å². The Morgan fingerprint density at radius 2 is 2.24 bits per heavy atom. The van der Waals surface area contributed by atoms with Crippen molar-refractivity contribution in [2.24, 2.45) is 0 Å². The Morgan fingerprint density at radius 1 is 1.48 bits per heavy atom. The second kappa shape index (κ2) is 6.58. The van der Waals surface area contributed by atoms with Gasteiger partial charge in [0.1, 0.15) is 0 Å². The summed E-state index contributed by atoms with van der Waals surface area (Å²) in [6.45, 7) is 1.79. The smallest absolute Gasteiger partial charge is 0.230 e. The highest BCUT2D eigenvalue weighted by atomic mass is 35.5. The first kappa shape index (κ1) is 16.6. The quantitative estimate of drug-likeness (QED) is 0.887. The molecule has 1 aromatic rings. The van der Waals surface area contributed by atoms with Crippen LogP contribution in [-0.2, 0) is 20.4 Å². The Morgan fingerprint density at radius 3 is 2.86 bits per heavy atom. The number of nitrogens with one attached hydrogen (secondary N) is 1. The summed E-state index contributed by atoms with van der Waals surface area (Å²) in [5.41, 5.74) is 0.446. The molecular weight excluding hydrogens is 330 g/mol. The van der Waals surface area contributed by atoms with Crippen LogP contribution >= 0.6 is 23.4 Å². The minimum atomic E-state index is -3.00. The van der Waals surface area contributed by atoms with E-state index in [4.69, 9.17) is 11.6 Å². The topological polar surface area (TPSA) is 63.2 Å². The van der Waals surface area contributed by atoms with Crippen molar-refractivity contribution in [1.82, 2.24) is 5.32 Å². The van der Waals surface area contributed by atoms with Gasteiger partial charge in [-0.25, -0.2) is 8.42 Å². The zero-order valence-corrected chi connectivity index (χ0v) is 14.2. The summed E-state index contributed by atoms with van der Waals surface area (Å²) >= 11 is 7.38. The molecule has 0 spiro atoms. The van der Waals surface area contributed by atoms with Gasteiger partial charge >= 0.3 is 0 Å². The average molecular weight is 348 g/mol. The normalized spacial score (nSPS) is 23.9. The van der Waals surface area contributed by atoms with Gasteiger partial charge in [-0.15, -0.1) is 11.8 Å². The number of hydrogen-bond donors (Lipinski definition) is 1. The van der Waals surface area contributed by atoms with E-state index < -0.39 is 15.4 Å². The molecule has 1 saturated heterocycles. The van der Waals surface area contributed by atoms with Gasteiger partial charge in [-0.3, -0.25) is 4.79 Å². The van der Waals surface area contributed by atoms with Crippen molar-refractivity contribution >= 4 is 39.1 Å². The van der Waals surface area contributed by atoms with E-state index in [2.05, 4.69) is 5.32 Å². The third kappa shape index (κ3) is 5.20. The van der Waals surface area contributed by atoms with Gasteiger partial charge < -0.3 is 5.32 Å². The van der Waals surface area contributed by atoms with Crippen molar-refractivity contribution in [2.75, 3.05) is 17.3 Å². The highest BCUT2D eigenvalue weighted by Gasteiger charge is 2.39. The van der Waals surface area contributed by atoms with Gasteiger partial charge in [0, 0.05) is 10.8 Å². The molecule has 0 aromatic heterocycles. The lowest BCUT2D eigenvalue weighted by atomic mass is 10.0. The lowest BCUT2D eigenvalue weighted by Gasteiger charge is -2.23. The van der Waals surface area contributed by atoms with Gasteiger partial charge in [-0.2, -0.15) is 0 Å². The second-order valence-corrected chi connectivity index (χ2v) is 9.18. The molecule has 0 bridgehead atoms. The molecule has 2 rings (SSSR count). The SMILES string of the molecule is C[C@]1(NC(=O)CSCc2cccc(Cl)c2)CCS(=O)(=O)C1. The number of halogens is 1. The van der Waals surface area contributed by atoms with Crippen LogP contribution in [0.25, 0.3) is 0 Å². The van der Waals surface area contributed by atoms with Crippen molar-refractivity contribution < 1.29 is 13.2 Å². The van der Waals surface area contributed by atoms with Gasteiger partial charge in [0.2, 0.25) is 5.91 Å². The van der Waals surface area contributed by atoms with Crippen LogP contribution < -0.4 is 5.32 Å². The summed E-state index contributed by atoms with van der Waals surface area (Å²) in [4.78, 5) is 11.9. The summed E-state index contributed by atoms with van der Waals surface area (Å²) in [7, 11) is -3.00. The van der Waals surface area contributed by atoms with Crippen LogP contribution in [0.1, 0.15) is 18.9 Å². The summed E-state index contributed by atoms with van der Waals surface area (Å²) in [6, 6.07) is 7.52. The largest absolute Gasteiger partial charge is 0.349 e. The Hall–Kier alpha value is -0.720. The molecule has 1 N–H and O–H groups in total. The maximum absolute atomic E-state index is 11.9. The maximum Gasteiger partial charge on any atom is 0.230 e. The fraction of sp³-hybridized carbons (Fsp3) is 0.500. The molecule has 0 saturated carbocycles. The summed E-state index contributed by atoms with van der Waals surface area (Å²) in [6.07, 6.45) is 0.486. The third-order valence-electron chi connectivity index (χ3n) is 3.34. The number of thioether (sulfide) groups is 1. The van der Waals surface area contributed by atoms with Crippen LogP contribution in [0.4, 0.5) is 0 Å². The number of benzene rings is 1. The Labute approximate surface area is 134 Å². The first-order valence-corrected chi connectivity index (χ1v) is 9.97. The number of rotatable bonds is 5. The molecule has 7 heteroatoms. The number of amides is 1. The standard InChI is InChI=1S/C14H18ClNO3S2/c1-14(5-6-21(18,19)10-14)16-13(17)9-20-8-11-3-2-4-12(15)7-11/h2-4,7H,5-6,8-10H2,1H3,(H,16,17)/t14-/m0/s1. The molecule has 21 heavy (non-hydrogen) atoms. The van der Waals surface area contributed by atoms with E-state index in [1.54, 1.807) is 6.92 Å². The van der Waals surface area contributed by atoms with Crippen molar-refractivity contribution in [3.8, 4) is 0 Å². The van der Waals surface area contributed by atoms with Crippen LogP contribution in [0.15, 0.2) is 24.3 Å². The molecule has 0 aliphatic carbocycles. The van der Waals surface area contributed by atoms with Gasteiger partial charge in [0.15, 0.2) is 9.84 Å². The van der Waals surface area contributed by atoms with Crippen molar-refractivity contribution in [2.45, 2.75) is 24.6 Å². The van der Waals surface area contributed by atoms with Crippen LogP contribution in [0.2, 0.25) is 5.02 Å². The zero-order chi connectivity index (χ0) is 15.5. The number of carbonyl (C=O) groups excluding carboxylic acids is 1. The minimum absolute atomic E-state index is 0.0324. The summed E-state index contributed by atoms with van der Waals surface area (Å²) in [5.74, 6) is 1.07. The molecule has 1 aromatic carbocycles. The first-order chi connectivity index (χ1) is 9.78. The molecule has 1 aliphatic heterocycles. The Kier molecular flexibility index (Phi) is 5.22. The number of hydrogen-bond acceptors (Lipinski definition) is 4. The molecule has 1 amide bonds. The molecule has 1 aliphatic rings. The Bertz CT molecular complexity index is 633. The fourth-order valence-corrected chi connectivity index (χ4v) is 5.45. The van der Waals surface area contributed by atoms with Crippen molar-refractivity contribution in [1.29, 1.82) is 0 Å². The predicted molar refractivity (Wildman–Crippen MR) is 87.4 cm³/mol. The van der Waals surface area contributed by atoms with E-state index in [1.807, 2.05) is 24.3 Å². The minimum Gasteiger partial charge on any atom is -0.349 e. The van der Waals surface area contributed by atoms with Crippen molar-refractivity contribution in [3.05, 3.63) is 34.9 Å². The number of sulfone groups is 1. The lowest BCUT2D eigenvalue weighted by Crippen LogP contribution is -2.47. The summed E-state index contributed by atoms with van der Waals surface area (Å²) < 4.78 is 23.0. The van der Waals surface area contributed by atoms with E-state index in [-0.39, 0.29) is 17.4 Å². The van der Waals surface area contributed by atoms with Crippen LogP contribution in [0.5, 0.6) is 0 Å². The third-order valence-corrected chi connectivity index (χ3v) is 6.48. The monoisotopic (exact) mass is 347 g/mol. The highest BCUT2D eigenvalue weighted by molar-refractivity contribution is 7.99. The van der Waals surface area contributed by atoms with E-state index >= 15 is 0 Å². The van der Waals surface area contributed by atoms with Gasteiger partial charge in [0.05, 0.1) is 22.8 Å². The summed E-state index contributed by atoms with van der Waals surface area (Å²) in [5, 5.41) is 3.53. The van der Waals surface area contributed by atoms with Crippen LogP contribution in [0.3, 0.4) is 0 Å². The molecular formula is C14H18ClNO3S2. The zero-order valence-electron chi connectivity index (χ0n) is 11.8. The predicted octanol–water partition coefficient (Wildman–Crippen LogP) is 2.27. The van der Waals surface area contributed by atoms with E-state index in [1.165, 1.54) is 11.8 Å². The van der Waals surface area contributed by atoms with E-state index in [9.17, 15) is 13.2 Å².